The molecule has 4 nitrogen and oxygen atoms in total. The highest BCUT2D eigenvalue weighted by Gasteiger charge is 2.29. The van der Waals surface area contributed by atoms with Crippen molar-refractivity contribution in [2.75, 3.05) is 20.3 Å². The number of halogens is 1. The lowest BCUT2D eigenvalue weighted by Gasteiger charge is -2.27. The summed E-state index contributed by atoms with van der Waals surface area (Å²) in [5.41, 5.74) is 2.59. The van der Waals surface area contributed by atoms with Crippen molar-refractivity contribution in [3.05, 3.63) is 28.8 Å². The van der Waals surface area contributed by atoms with Gasteiger partial charge in [0, 0.05) is 25.6 Å². The number of rotatable bonds is 7. The van der Waals surface area contributed by atoms with Gasteiger partial charge in [-0.1, -0.05) is 13.0 Å². The average molecular weight is 334 g/mol. The average Bonchev–Trinajstić information content (AvgIpc) is 2.39. The van der Waals surface area contributed by atoms with Crippen LogP contribution < -0.4 is 0 Å². The van der Waals surface area contributed by atoms with E-state index >= 15 is 0 Å². The molecule has 0 saturated heterocycles. The number of hydrogen-bond donors (Lipinski definition) is 0. The number of methoxy groups -OCH3 is 1. The molecule has 1 atom stereocenters. The van der Waals surface area contributed by atoms with Crippen LogP contribution in [0.1, 0.15) is 30.5 Å². The van der Waals surface area contributed by atoms with Crippen LogP contribution in [-0.2, 0) is 20.6 Å². The molecular weight excluding hydrogens is 310 g/mol. The van der Waals surface area contributed by atoms with Gasteiger partial charge in [-0.2, -0.15) is 4.31 Å². The highest BCUT2D eigenvalue weighted by atomic mass is 35.5. The Kier molecular flexibility index (Phi) is 6.66. The molecule has 1 aromatic rings. The summed E-state index contributed by atoms with van der Waals surface area (Å²) in [6.45, 7) is 8.18. The van der Waals surface area contributed by atoms with Gasteiger partial charge in [-0.25, -0.2) is 8.42 Å². The second kappa shape index (κ2) is 7.58. The first-order valence-electron chi connectivity index (χ1n) is 6.96. The lowest BCUT2D eigenvalue weighted by Crippen LogP contribution is -2.41. The summed E-state index contributed by atoms with van der Waals surface area (Å²) < 4.78 is 32.4. The van der Waals surface area contributed by atoms with Crippen LogP contribution in [0.3, 0.4) is 0 Å². The van der Waals surface area contributed by atoms with Gasteiger partial charge in [-0.3, -0.25) is 0 Å². The topological polar surface area (TPSA) is 46.6 Å². The number of nitrogens with zero attached hydrogens (tertiary/aromatic N) is 1. The van der Waals surface area contributed by atoms with Crippen molar-refractivity contribution in [1.82, 2.24) is 4.31 Å². The molecule has 1 rings (SSSR count). The lowest BCUT2D eigenvalue weighted by molar-refractivity contribution is 0.142. The van der Waals surface area contributed by atoms with E-state index in [0.717, 1.165) is 16.7 Å². The van der Waals surface area contributed by atoms with E-state index in [9.17, 15) is 8.42 Å². The number of ether oxygens (including phenoxy) is 1. The van der Waals surface area contributed by atoms with Crippen molar-refractivity contribution >= 4 is 21.6 Å². The quantitative estimate of drug-likeness (QED) is 0.720. The van der Waals surface area contributed by atoms with E-state index in [1.165, 1.54) is 4.31 Å². The Morgan fingerprint density at radius 2 is 1.90 bits per heavy atom. The molecule has 0 aliphatic rings. The third kappa shape index (κ3) is 3.97. The van der Waals surface area contributed by atoms with Gasteiger partial charge in [0.1, 0.15) is 0 Å². The van der Waals surface area contributed by atoms with Crippen molar-refractivity contribution < 1.29 is 13.2 Å². The van der Waals surface area contributed by atoms with E-state index in [4.69, 9.17) is 16.3 Å². The Morgan fingerprint density at radius 1 is 1.29 bits per heavy atom. The molecule has 0 saturated carbocycles. The molecule has 6 heteroatoms. The lowest BCUT2D eigenvalue weighted by atomic mass is 10.1. The van der Waals surface area contributed by atoms with Crippen molar-refractivity contribution in [2.45, 2.75) is 44.5 Å². The maximum atomic E-state index is 12.9. The highest BCUT2D eigenvalue weighted by molar-refractivity contribution is 7.89. The molecular formula is C15H24ClNO3S. The molecule has 21 heavy (non-hydrogen) atoms. The number of aryl methyl sites for hydroxylation is 2. The molecule has 0 fully saturated rings. The summed E-state index contributed by atoms with van der Waals surface area (Å²) in [6, 6.07) is 3.35. The highest BCUT2D eigenvalue weighted by Crippen LogP contribution is 2.26. The number of benzene rings is 1. The third-order valence-corrected chi connectivity index (χ3v) is 6.09. The zero-order valence-corrected chi connectivity index (χ0v) is 14.9. The van der Waals surface area contributed by atoms with Crippen LogP contribution in [0.5, 0.6) is 0 Å². The molecule has 0 amide bonds. The Balaban J connectivity index is 3.35. The zero-order valence-electron chi connectivity index (χ0n) is 13.3. The van der Waals surface area contributed by atoms with E-state index in [2.05, 4.69) is 0 Å². The van der Waals surface area contributed by atoms with E-state index < -0.39 is 10.0 Å². The smallest absolute Gasteiger partial charge is 0.243 e. The number of likely N-dealkylation sites (N-methyl/N-ethyl adjacent to an activating group) is 1. The zero-order chi connectivity index (χ0) is 16.2. The minimum atomic E-state index is -3.56. The molecule has 0 aromatic heterocycles. The number of alkyl halides is 1. The Morgan fingerprint density at radius 3 is 2.38 bits per heavy atom. The minimum absolute atomic E-state index is 0.217. The molecule has 0 spiro atoms. The Hall–Kier alpha value is -0.620. The van der Waals surface area contributed by atoms with E-state index in [1.807, 2.05) is 33.8 Å². The van der Waals surface area contributed by atoms with Crippen LogP contribution in [-0.4, -0.2) is 39.0 Å². The summed E-state index contributed by atoms with van der Waals surface area (Å²) in [5, 5.41) is 0. The maximum absolute atomic E-state index is 12.9. The summed E-state index contributed by atoms with van der Waals surface area (Å²) in [5.74, 6) is 0.300. The van der Waals surface area contributed by atoms with E-state index in [1.54, 1.807) is 13.2 Å². The first-order valence-corrected chi connectivity index (χ1v) is 8.93. The van der Waals surface area contributed by atoms with Gasteiger partial charge >= 0.3 is 0 Å². The summed E-state index contributed by atoms with van der Waals surface area (Å²) in [6.07, 6.45) is 0. The van der Waals surface area contributed by atoms with Crippen molar-refractivity contribution in [2.24, 2.45) is 0 Å². The Bertz CT molecular complexity index is 587. The molecule has 120 valence electrons. The second-order valence-corrected chi connectivity index (χ2v) is 7.32. The van der Waals surface area contributed by atoms with Crippen LogP contribution in [0.25, 0.3) is 0 Å². The van der Waals surface area contributed by atoms with Gasteiger partial charge < -0.3 is 4.74 Å². The normalized spacial score (nSPS) is 13.7. The van der Waals surface area contributed by atoms with Crippen molar-refractivity contribution in [1.29, 1.82) is 0 Å². The number of sulfonamides is 1. The van der Waals surface area contributed by atoms with Gasteiger partial charge in [-0.05, 0) is 43.5 Å². The fourth-order valence-corrected chi connectivity index (χ4v) is 4.64. The van der Waals surface area contributed by atoms with Gasteiger partial charge in [-0.15, -0.1) is 11.6 Å². The summed E-state index contributed by atoms with van der Waals surface area (Å²) in [7, 11) is -1.99. The molecule has 0 radical (unpaired) electrons. The molecule has 0 bridgehead atoms. The molecule has 1 unspecified atom stereocenters. The van der Waals surface area contributed by atoms with Crippen LogP contribution in [0, 0.1) is 13.8 Å². The number of hydrogen-bond acceptors (Lipinski definition) is 3. The standard InChI is InChI=1S/C15H24ClNO3S/c1-6-17(13(4)10-20-5)21(18,19)15-8-14(9-16)11(2)7-12(15)3/h7-8,13H,6,9-10H2,1-5H3. The molecule has 1 aromatic carbocycles. The van der Waals surface area contributed by atoms with Gasteiger partial charge in [0.25, 0.3) is 0 Å². The van der Waals surface area contributed by atoms with Crippen LogP contribution >= 0.6 is 11.6 Å². The maximum Gasteiger partial charge on any atom is 0.243 e. The summed E-state index contributed by atoms with van der Waals surface area (Å²) >= 11 is 5.90. The van der Waals surface area contributed by atoms with E-state index in [-0.39, 0.29) is 6.04 Å². The van der Waals surface area contributed by atoms with Crippen molar-refractivity contribution in [3.8, 4) is 0 Å². The van der Waals surface area contributed by atoms with E-state index in [0.29, 0.717) is 23.9 Å². The van der Waals surface area contributed by atoms with Crippen LogP contribution in [0.15, 0.2) is 17.0 Å². The van der Waals surface area contributed by atoms with Gasteiger partial charge in [0.05, 0.1) is 11.5 Å². The fraction of sp³-hybridized carbons (Fsp3) is 0.600. The minimum Gasteiger partial charge on any atom is -0.383 e. The van der Waals surface area contributed by atoms with Crippen LogP contribution in [0.2, 0.25) is 0 Å². The van der Waals surface area contributed by atoms with Crippen molar-refractivity contribution in [3.63, 3.8) is 0 Å². The fourth-order valence-electron chi connectivity index (χ4n) is 2.47. The molecule has 0 aliphatic carbocycles. The molecule has 0 aliphatic heterocycles. The molecule has 0 N–H and O–H groups in total. The molecule has 0 heterocycles. The Labute approximate surface area is 133 Å². The monoisotopic (exact) mass is 333 g/mol. The largest absolute Gasteiger partial charge is 0.383 e. The first kappa shape index (κ1) is 18.4. The second-order valence-electron chi connectivity index (χ2n) is 5.19. The summed E-state index contributed by atoms with van der Waals surface area (Å²) in [4.78, 5) is 0.327. The first-order chi connectivity index (χ1) is 9.79. The SMILES string of the molecule is CCN(C(C)COC)S(=O)(=O)c1cc(CCl)c(C)cc1C. The third-order valence-electron chi connectivity index (χ3n) is 3.58. The predicted octanol–water partition coefficient (Wildman–Crippen LogP) is 3.09. The predicted molar refractivity (Wildman–Crippen MR) is 86.4 cm³/mol. The van der Waals surface area contributed by atoms with Gasteiger partial charge in [0.15, 0.2) is 0 Å². The van der Waals surface area contributed by atoms with Gasteiger partial charge in [0.2, 0.25) is 10.0 Å². The van der Waals surface area contributed by atoms with Crippen LogP contribution in [0.4, 0.5) is 0 Å².